The first kappa shape index (κ1) is 17.2. The van der Waals surface area contributed by atoms with Gasteiger partial charge in [0.2, 0.25) is 0 Å². The Hall–Kier alpha value is -1.11. The average Bonchev–Trinajstić information content (AvgIpc) is 2.81. The summed E-state index contributed by atoms with van der Waals surface area (Å²) in [4.78, 5) is 10.8. The topological polar surface area (TPSA) is 38.5 Å². The van der Waals surface area contributed by atoms with Crippen molar-refractivity contribution in [3.63, 3.8) is 0 Å². The van der Waals surface area contributed by atoms with E-state index < -0.39 is 0 Å². The highest BCUT2D eigenvalue weighted by molar-refractivity contribution is 14.1. The van der Waals surface area contributed by atoms with Crippen LogP contribution in [0.4, 0.5) is 0 Å². The lowest BCUT2D eigenvalue weighted by atomic mass is 10.1. The van der Waals surface area contributed by atoms with Crippen LogP contribution in [0.15, 0.2) is 30.3 Å². The SMILES string of the molecule is CC(=O)OCCCC1=[N+](Cc2ccccc2)CC(C)(CI)O1. The Labute approximate surface area is 145 Å². The summed E-state index contributed by atoms with van der Waals surface area (Å²) in [5.74, 6) is 0.783. The summed E-state index contributed by atoms with van der Waals surface area (Å²) in [5.41, 5.74) is 1.15. The summed E-state index contributed by atoms with van der Waals surface area (Å²) in [7, 11) is 0. The van der Waals surface area contributed by atoms with E-state index >= 15 is 0 Å². The first-order chi connectivity index (χ1) is 10.5. The summed E-state index contributed by atoms with van der Waals surface area (Å²) in [6, 6.07) is 10.4. The normalized spacial score (nSPS) is 20.9. The third kappa shape index (κ3) is 4.97. The van der Waals surface area contributed by atoms with Gasteiger partial charge in [0.15, 0.2) is 18.7 Å². The van der Waals surface area contributed by atoms with Gasteiger partial charge >= 0.3 is 11.9 Å². The van der Waals surface area contributed by atoms with Crippen molar-refractivity contribution >= 4 is 34.5 Å². The van der Waals surface area contributed by atoms with E-state index in [4.69, 9.17) is 9.47 Å². The van der Waals surface area contributed by atoms with E-state index in [1.807, 2.05) is 6.07 Å². The molecule has 0 fully saturated rings. The summed E-state index contributed by atoms with van der Waals surface area (Å²) < 4.78 is 14.4. The summed E-state index contributed by atoms with van der Waals surface area (Å²) in [5, 5.41) is 0. The molecule has 0 saturated carbocycles. The van der Waals surface area contributed by atoms with Gasteiger partial charge in [0.1, 0.15) is 0 Å². The van der Waals surface area contributed by atoms with Gasteiger partial charge in [0.05, 0.1) is 13.0 Å². The number of alkyl halides is 1. The number of esters is 1. The van der Waals surface area contributed by atoms with E-state index in [0.29, 0.717) is 6.61 Å². The van der Waals surface area contributed by atoms with Crippen LogP contribution in [0.1, 0.15) is 32.3 Å². The molecule has 0 N–H and O–H groups in total. The second kappa shape index (κ2) is 7.94. The molecule has 0 radical (unpaired) electrons. The smallest absolute Gasteiger partial charge is 0.337 e. The highest BCUT2D eigenvalue weighted by atomic mass is 127. The molecule has 0 aromatic heterocycles. The lowest BCUT2D eigenvalue weighted by molar-refractivity contribution is -0.541. The van der Waals surface area contributed by atoms with E-state index in [9.17, 15) is 4.79 Å². The lowest BCUT2D eigenvalue weighted by Crippen LogP contribution is -2.33. The molecule has 22 heavy (non-hydrogen) atoms. The van der Waals surface area contributed by atoms with Crippen molar-refractivity contribution in [1.82, 2.24) is 0 Å². The molecule has 0 aliphatic carbocycles. The van der Waals surface area contributed by atoms with Gasteiger partial charge in [-0.2, -0.15) is 4.58 Å². The van der Waals surface area contributed by atoms with Gasteiger partial charge in [0, 0.05) is 16.9 Å². The predicted octanol–water partition coefficient (Wildman–Crippen LogP) is 3.16. The molecule has 1 heterocycles. The van der Waals surface area contributed by atoms with E-state index in [-0.39, 0.29) is 11.6 Å². The quantitative estimate of drug-likeness (QED) is 0.225. The lowest BCUT2D eigenvalue weighted by Gasteiger charge is -2.16. The number of hydrogen-bond donors (Lipinski definition) is 0. The molecular formula is C17H23INO3+. The van der Waals surface area contributed by atoms with Crippen molar-refractivity contribution < 1.29 is 18.8 Å². The highest BCUT2D eigenvalue weighted by Gasteiger charge is 2.41. The summed E-state index contributed by atoms with van der Waals surface area (Å²) in [6.07, 6.45) is 1.59. The second-order valence-electron chi connectivity index (χ2n) is 5.86. The van der Waals surface area contributed by atoms with Crippen molar-refractivity contribution in [2.45, 2.75) is 38.8 Å². The average molecular weight is 416 g/mol. The van der Waals surface area contributed by atoms with Gasteiger partial charge in [-0.05, 0) is 13.3 Å². The van der Waals surface area contributed by atoms with Gasteiger partial charge < -0.3 is 9.47 Å². The van der Waals surface area contributed by atoms with E-state index in [0.717, 1.165) is 36.3 Å². The van der Waals surface area contributed by atoms with Crippen LogP contribution >= 0.6 is 22.6 Å². The first-order valence-corrected chi connectivity index (χ1v) is 9.08. The molecule has 1 unspecified atom stereocenters. The van der Waals surface area contributed by atoms with Crippen molar-refractivity contribution in [2.24, 2.45) is 0 Å². The number of benzene rings is 1. The number of hydrogen-bond acceptors (Lipinski definition) is 3. The minimum absolute atomic E-state index is 0.133. The molecule has 0 spiro atoms. The molecule has 1 atom stereocenters. The minimum atomic E-state index is -0.226. The number of carbonyl (C=O) groups excluding carboxylic acids is 1. The van der Waals surface area contributed by atoms with Crippen LogP contribution in [0.25, 0.3) is 0 Å². The molecule has 0 bridgehead atoms. The number of halogens is 1. The van der Waals surface area contributed by atoms with Gasteiger partial charge in [0.25, 0.3) is 0 Å². The molecule has 0 saturated heterocycles. The fraction of sp³-hybridized carbons (Fsp3) is 0.529. The fourth-order valence-electron chi connectivity index (χ4n) is 2.54. The Kier molecular flexibility index (Phi) is 6.23. The van der Waals surface area contributed by atoms with Crippen molar-refractivity contribution in [3.05, 3.63) is 35.9 Å². The standard InChI is InChI=1S/C17H23INO3/c1-14(20)21-10-6-9-16-19(13-17(2,12-18)22-16)11-15-7-4-3-5-8-15/h3-5,7-8H,6,9-13H2,1-2H3/q+1. The van der Waals surface area contributed by atoms with Gasteiger partial charge in [-0.25, -0.2) is 0 Å². The Bertz CT molecular complexity index is 544. The Morgan fingerprint density at radius 3 is 2.77 bits per heavy atom. The number of nitrogens with zero attached hydrogens (tertiary/aromatic N) is 1. The maximum Gasteiger partial charge on any atom is 0.337 e. The molecule has 0 amide bonds. The molecule has 1 aromatic rings. The van der Waals surface area contributed by atoms with Crippen LogP contribution in [-0.2, 0) is 20.8 Å². The number of rotatable bonds is 7. The number of ether oxygens (including phenoxy) is 2. The van der Waals surface area contributed by atoms with Gasteiger partial charge in [-0.1, -0.05) is 52.9 Å². The van der Waals surface area contributed by atoms with E-state index in [1.165, 1.54) is 12.5 Å². The van der Waals surface area contributed by atoms with Crippen LogP contribution in [-0.4, -0.2) is 39.6 Å². The molecule has 1 aliphatic rings. The zero-order chi connectivity index (χ0) is 16.0. The van der Waals surface area contributed by atoms with Crippen LogP contribution in [0.2, 0.25) is 0 Å². The number of carbonyl (C=O) groups is 1. The molecular weight excluding hydrogens is 393 g/mol. The van der Waals surface area contributed by atoms with Gasteiger partial charge in [-0.3, -0.25) is 4.79 Å². The molecule has 120 valence electrons. The zero-order valence-electron chi connectivity index (χ0n) is 13.2. The van der Waals surface area contributed by atoms with Crippen LogP contribution in [0.3, 0.4) is 0 Å². The zero-order valence-corrected chi connectivity index (χ0v) is 15.3. The predicted molar refractivity (Wildman–Crippen MR) is 94.5 cm³/mol. The van der Waals surface area contributed by atoms with Gasteiger partial charge in [-0.15, -0.1) is 0 Å². The summed E-state index contributed by atoms with van der Waals surface area (Å²) >= 11 is 2.38. The molecule has 5 heteroatoms. The van der Waals surface area contributed by atoms with Crippen LogP contribution in [0, 0.1) is 0 Å². The van der Waals surface area contributed by atoms with Crippen LogP contribution in [0.5, 0.6) is 0 Å². The molecule has 2 rings (SSSR count). The fourth-order valence-corrected chi connectivity index (χ4v) is 2.94. The maximum atomic E-state index is 10.8. The second-order valence-corrected chi connectivity index (χ2v) is 6.63. The third-order valence-corrected chi connectivity index (χ3v) is 5.20. The Balaban J connectivity index is 2.01. The largest absolute Gasteiger partial charge is 0.466 e. The minimum Gasteiger partial charge on any atom is -0.466 e. The third-order valence-electron chi connectivity index (χ3n) is 3.58. The Morgan fingerprint density at radius 2 is 2.14 bits per heavy atom. The monoisotopic (exact) mass is 416 g/mol. The van der Waals surface area contributed by atoms with E-state index in [2.05, 4.69) is 58.4 Å². The molecule has 4 nitrogen and oxygen atoms in total. The summed E-state index contributed by atoms with van der Waals surface area (Å²) in [6.45, 7) is 5.79. The highest BCUT2D eigenvalue weighted by Crippen LogP contribution is 2.23. The van der Waals surface area contributed by atoms with E-state index in [1.54, 1.807) is 0 Å². The Morgan fingerprint density at radius 1 is 1.41 bits per heavy atom. The van der Waals surface area contributed by atoms with Crippen molar-refractivity contribution in [1.29, 1.82) is 0 Å². The molecule has 1 aromatic carbocycles. The first-order valence-electron chi connectivity index (χ1n) is 7.55. The van der Waals surface area contributed by atoms with Crippen molar-refractivity contribution in [3.8, 4) is 0 Å². The van der Waals surface area contributed by atoms with Crippen molar-refractivity contribution in [2.75, 3.05) is 17.6 Å². The molecule has 1 aliphatic heterocycles. The maximum absolute atomic E-state index is 10.8. The van der Waals surface area contributed by atoms with Crippen LogP contribution < -0.4 is 0 Å².